The summed E-state index contributed by atoms with van der Waals surface area (Å²) in [7, 11) is 0. The molecule has 2 nitrogen and oxygen atoms in total. The zero-order chi connectivity index (χ0) is 22.1. The lowest BCUT2D eigenvalue weighted by atomic mass is 9.69. The fraction of sp³-hybridized carbons (Fsp3) is 1.00. The Morgan fingerprint density at radius 2 is 1.03 bits per heavy atom. The van der Waals surface area contributed by atoms with E-state index in [1.165, 1.54) is 0 Å². The van der Waals surface area contributed by atoms with Crippen molar-refractivity contribution in [2.24, 2.45) is 17.8 Å². The third kappa shape index (κ3) is 6.20. The zero-order valence-corrected chi connectivity index (χ0v) is 16.5. The molecular formula is C20H28F8O2. The Balaban J connectivity index is 1.52. The lowest BCUT2D eigenvalue weighted by molar-refractivity contribution is -0.352. The first-order chi connectivity index (χ1) is 13.9. The summed E-state index contributed by atoms with van der Waals surface area (Å²) in [5, 5.41) is 0. The molecule has 176 valence electrons. The third-order valence-corrected chi connectivity index (χ3v) is 6.84. The van der Waals surface area contributed by atoms with Gasteiger partial charge in [0.25, 0.3) is 0 Å². The molecule has 3 saturated carbocycles. The maximum Gasteiger partial charge on any atom is 0.522 e. The van der Waals surface area contributed by atoms with Crippen LogP contribution in [-0.4, -0.2) is 43.2 Å². The maximum atomic E-state index is 14.7. The predicted molar refractivity (Wildman–Crippen MR) is 92.1 cm³/mol. The Labute approximate surface area is 170 Å². The lowest BCUT2D eigenvalue weighted by Crippen LogP contribution is -2.50. The number of ether oxygens (including phenoxy) is 2. The van der Waals surface area contributed by atoms with Crippen molar-refractivity contribution in [2.45, 2.75) is 107 Å². The van der Waals surface area contributed by atoms with Crippen LogP contribution >= 0.6 is 0 Å². The Morgan fingerprint density at radius 3 is 1.50 bits per heavy atom. The highest BCUT2D eigenvalue weighted by Crippen LogP contribution is 2.48. The molecule has 10 heteroatoms. The van der Waals surface area contributed by atoms with Gasteiger partial charge in [-0.3, -0.25) is 4.74 Å². The molecule has 2 unspecified atom stereocenters. The topological polar surface area (TPSA) is 18.5 Å². The van der Waals surface area contributed by atoms with Crippen LogP contribution in [0, 0.1) is 17.8 Å². The summed E-state index contributed by atoms with van der Waals surface area (Å²) in [6.45, 7) is 0. The van der Waals surface area contributed by atoms with Gasteiger partial charge in [0.15, 0.2) is 0 Å². The van der Waals surface area contributed by atoms with Crippen LogP contribution in [0.4, 0.5) is 35.1 Å². The molecule has 0 amide bonds. The second-order valence-electron chi connectivity index (χ2n) is 8.94. The molecule has 0 aromatic carbocycles. The SMILES string of the molecule is FC1CCC(C2CC(F)C(C(F)(F)OC3CCC(OC(F)(F)F)CC3)C(F)C2)CC1. The van der Waals surface area contributed by atoms with Gasteiger partial charge in [0.1, 0.15) is 24.4 Å². The molecule has 3 fully saturated rings. The fourth-order valence-corrected chi connectivity index (χ4v) is 5.31. The molecule has 0 bridgehead atoms. The van der Waals surface area contributed by atoms with Crippen LogP contribution < -0.4 is 0 Å². The Bertz CT molecular complexity index is 529. The molecule has 0 spiro atoms. The number of hydrogen-bond donors (Lipinski definition) is 0. The first-order valence-corrected chi connectivity index (χ1v) is 10.7. The molecular weight excluding hydrogens is 424 g/mol. The zero-order valence-electron chi connectivity index (χ0n) is 16.5. The van der Waals surface area contributed by atoms with E-state index >= 15 is 0 Å². The van der Waals surface area contributed by atoms with Gasteiger partial charge >= 0.3 is 12.5 Å². The molecule has 30 heavy (non-hydrogen) atoms. The van der Waals surface area contributed by atoms with E-state index in [1.54, 1.807) is 0 Å². The number of alkyl halides is 8. The van der Waals surface area contributed by atoms with Crippen LogP contribution in [-0.2, 0) is 9.47 Å². The number of halogens is 8. The highest BCUT2D eigenvalue weighted by molar-refractivity contribution is 4.94. The minimum atomic E-state index is -4.80. The minimum Gasteiger partial charge on any atom is -0.317 e. The summed E-state index contributed by atoms with van der Waals surface area (Å²) in [5.74, 6) is -2.70. The molecule has 0 radical (unpaired) electrons. The van der Waals surface area contributed by atoms with Crippen LogP contribution in [0.25, 0.3) is 0 Å². The molecule has 3 aliphatic rings. The van der Waals surface area contributed by atoms with Crippen molar-refractivity contribution in [1.82, 2.24) is 0 Å². The quantitative estimate of drug-likeness (QED) is 0.434. The van der Waals surface area contributed by atoms with Crippen molar-refractivity contribution in [2.75, 3.05) is 0 Å². The smallest absolute Gasteiger partial charge is 0.317 e. The highest BCUT2D eigenvalue weighted by Gasteiger charge is 2.56. The second-order valence-corrected chi connectivity index (χ2v) is 8.94. The molecule has 0 heterocycles. The van der Waals surface area contributed by atoms with Crippen molar-refractivity contribution >= 4 is 0 Å². The van der Waals surface area contributed by atoms with Gasteiger partial charge < -0.3 is 4.74 Å². The van der Waals surface area contributed by atoms with Crippen molar-refractivity contribution in [3.8, 4) is 0 Å². The summed E-state index contributed by atoms with van der Waals surface area (Å²) < 4.78 is 117. The van der Waals surface area contributed by atoms with E-state index in [1.807, 2.05) is 0 Å². The highest BCUT2D eigenvalue weighted by atomic mass is 19.4. The third-order valence-electron chi connectivity index (χ3n) is 6.84. The van der Waals surface area contributed by atoms with E-state index in [4.69, 9.17) is 4.74 Å². The second kappa shape index (κ2) is 9.46. The largest absolute Gasteiger partial charge is 0.522 e. The molecule has 2 atom stereocenters. The van der Waals surface area contributed by atoms with E-state index in [-0.39, 0.29) is 44.4 Å². The van der Waals surface area contributed by atoms with Gasteiger partial charge in [-0.2, -0.15) is 8.78 Å². The molecule has 0 aromatic heterocycles. The number of hydrogen-bond acceptors (Lipinski definition) is 2. The molecule has 3 aliphatic carbocycles. The van der Waals surface area contributed by atoms with Gasteiger partial charge in [-0.15, -0.1) is 13.2 Å². The minimum absolute atomic E-state index is 0.0621. The van der Waals surface area contributed by atoms with E-state index in [2.05, 4.69) is 4.74 Å². The molecule has 0 aromatic rings. The van der Waals surface area contributed by atoms with Crippen molar-refractivity contribution < 1.29 is 44.6 Å². The maximum absolute atomic E-state index is 14.7. The van der Waals surface area contributed by atoms with E-state index < -0.39 is 55.0 Å². The normalized spacial score (nSPS) is 41.6. The van der Waals surface area contributed by atoms with Gasteiger partial charge in [-0.1, -0.05) is 0 Å². The van der Waals surface area contributed by atoms with E-state index in [9.17, 15) is 35.1 Å². The molecule has 3 rings (SSSR count). The van der Waals surface area contributed by atoms with E-state index in [0.717, 1.165) is 0 Å². The Kier molecular flexibility index (Phi) is 7.58. The van der Waals surface area contributed by atoms with Crippen LogP contribution in [0.3, 0.4) is 0 Å². The molecule has 0 N–H and O–H groups in total. The average molecular weight is 452 g/mol. The van der Waals surface area contributed by atoms with Crippen LogP contribution in [0.1, 0.15) is 64.2 Å². The monoisotopic (exact) mass is 452 g/mol. The van der Waals surface area contributed by atoms with Gasteiger partial charge in [0.05, 0.1) is 12.2 Å². The van der Waals surface area contributed by atoms with Crippen molar-refractivity contribution in [3.63, 3.8) is 0 Å². The lowest BCUT2D eigenvalue weighted by Gasteiger charge is -2.43. The summed E-state index contributed by atoms with van der Waals surface area (Å²) in [6.07, 6.45) is -15.4. The Hall–Kier alpha value is -0.640. The standard InChI is InChI=1S/C20H28F8O2/c21-13-3-1-11(2-4-13)12-9-16(22)18(17(23)10-12)19(24,25)29-14-5-7-15(8-6-14)30-20(26,27)28/h11-18H,1-10H2. The van der Waals surface area contributed by atoms with Crippen molar-refractivity contribution in [1.29, 1.82) is 0 Å². The number of rotatable bonds is 5. The summed E-state index contributed by atoms with van der Waals surface area (Å²) in [6, 6.07) is 0. The first-order valence-electron chi connectivity index (χ1n) is 10.7. The summed E-state index contributed by atoms with van der Waals surface area (Å²) in [5.41, 5.74) is 0. The van der Waals surface area contributed by atoms with Crippen LogP contribution in [0.5, 0.6) is 0 Å². The van der Waals surface area contributed by atoms with Gasteiger partial charge in [0, 0.05) is 0 Å². The summed E-state index contributed by atoms with van der Waals surface area (Å²) >= 11 is 0. The fourth-order valence-electron chi connectivity index (χ4n) is 5.31. The van der Waals surface area contributed by atoms with Gasteiger partial charge in [-0.05, 0) is 76.0 Å². The average Bonchev–Trinajstić information content (AvgIpc) is 2.61. The predicted octanol–water partition coefficient (Wildman–Crippen LogP) is 6.67. The van der Waals surface area contributed by atoms with Crippen molar-refractivity contribution in [3.05, 3.63) is 0 Å². The van der Waals surface area contributed by atoms with E-state index in [0.29, 0.717) is 25.7 Å². The Morgan fingerprint density at radius 1 is 0.567 bits per heavy atom. The van der Waals surface area contributed by atoms with Crippen LogP contribution in [0.2, 0.25) is 0 Å². The first kappa shape index (κ1) is 24.0. The molecule has 0 saturated heterocycles. The van der Waals surface area contributed by atoms with Gasteiger partial charge in [0.2, 0.25) is 0 Å². The summed E-state index contributed by atoms with van der Waals surface area (Å²) in [4.78, 5) is 0. The van der Waals surface area contributed by atoms with Crippen LogP contribution in [0.15, 0.2) is 0 Å². The van der Waals surface area contributed by atoms with Gasteiger partial charge in [-0.25, -0.2) is 13.2 Å². The molecule has 0 aliphatic heterocycles.